The molecule has 2 N–H and O–H groups in total. The minimum Gasteiger partial charge on any atom is -0.268 e. The van der Waals surface area contributed by atoms with Crippen LogP contribution in [-0.2, 0) is 5.54 Å². The van der Waals surface area contributed by atoms with E-state index in [0.29, 0.717) is 0 Å². The van der Waals surface area contributed by atoms with Crippen LogP contribution in [0.4, 0.5) is 0 Å². The van der Waals surface area contributed by atoms with E-state index in [4.69, 9.17) is 5.84 Å². The standard InChI is InChI=1S/C12H18N2.2ClH/c1-12(9-5-6-10-14(12)13)11-7-3-2-4-8-11;;/h2-4,7-8H,5-6,9-10,13H2,1H3;2*1H. The van der Waals surface area contributed by atoms with Crippen molar-refractivity contribution in [1.29, 1.82) is 0 Å². The van der Waals surface area contributed by atoms with Gasteiger partial charge in [-0.1, -0.05) is 30.3 Å². The second-order valence-electron chi connectivity index (χ2n) is 4.29. The topological polar surface area (TPSA) is 29.3 Å². The molecule has 0 spiro atoms. The van der Waals surface area contributed by atoms with Gasteiger partial charge in [-0.25, -0.2) is 5.01 Å². The Kier molecular flexibility index (Phi) is 6.34. The summed E-state index contributed by atoms with van der Waals surface area (Å²) in [5.74, 6) is 6.08. The highest BCUT2D eigenvalue weighted by Gasteiger charge is 2.33. The summed E-state index contributed by atoms with van der Waals surface area (Å²) in [4.78, 5) is 0. The summed E-state index contributed by atoms with van der Waals surface area (Å²) in [6.07, 6.45) is 3.66. The lowest BCUT2D eigenvalue weighted by atomic mass is 9.83. The van der Waals surface area contributed by atoms with Crippen LogP contribution >= 0.6 is 24.8 Å². The molecule has 0 bridgehead atoms. The highest BCUT2D eigenvalue weighted by molar-refractivity contribution is 5.85. The van der Waals surface area contributed by atoms with Gasteiger partial charge in [0, 0.05) is 6.54 Å². The molecule has 0 saturated carbocycles. The van der Waals surface area contributed by atoms with E-state index in [2.05, 4.69) is 37.3 Å². The molecule has 4 heteroatoms. The molecule has 1 atom stereocenters. The molecule has 1 heterocycles. The van der Waals surface area contributed by atoms with Crippen molar-refractivity contribution >= 4 is 24.8 Å². The van der Waals surface area contributed by atoms with Gasteiger partial charge in [0.1, 0.15) is 0 Å². The van der Waals surface area contributed by atoms with Crippen LogP contribution in [0, 0.1) is 0 Å². The number of hydrogen-bond donors (Lipinski definition) is 1. The second-order valence-corrected chi connectivity index (χ2v) is 4.29. The fourth-order valence-electron chi connectivity index (χ4n) is 2.25. The number of nitrogens with two attached hydrogens (primary N) is 1. The number of hydrazine groups is 1. The Morgan fingerprint density at radius 3 is 2.31 bits per heavy atom. The number of halogens is 2. The molecule has 1 aliphatic rings. The molecule has 2 nitrogen and oxygen atoms in total. The smallest absolute Gasteiger partial charge is 0.0571 e. The zero-order chi connectivity index (χ0) is 10.0. The number of benzene rings is 1. The normalized spacial score (nSPS) is 25.4. The van der Waals surface area contributed by atoms with Gasteiger partial charge in [-0.3, -0.25) is 5.84 Å². The summed E-state index contributed by atoms with van der Waals surface area (Å²) in [5.41, 5.74) is 1.38. The maximum absolute atomic E-state index is 6.08. The van der Waals surface area contributed by atoms with E-state index in [1.807, 2.05) is 5.01 Å². The van der Waals surface area contributed by atoms with E-state index < -0.39 is 0 Å². The lowest BCUT2D eigenvalue weighted by molar-refractivity contribution is 0.0591. The van der Waals surface area contributed by atoms with Crippen molar-refractivity contribution in [3.05, 3.63) is 35.9 Å². The Bertz CT molecular complexity index is 305. The molecule has 0 amide bonds. The molecule has 0 aromatic heterocycles. The van der Waals surface area contributed by atoms with E-state index in [1.165, 1.54) is 18.4 Å². The Balaban J connectivity index is 0.00000112. The number of nitrogens with zero attached hydrogens (tertiary/aromatic N) is 1. The lowest BCUT2D eigenvalue weighted by Gasteiger charge is -2.42. The number of piperidine rings is 1. The van der Waals surface area contributed by atoms with Crippen LogP contribution in [0.1, 0.15) is 31.7 Å². The molecule has 1 fully saturated rings. The molecule has 2 rings (SSSR count). The third-order valence-corrected chi connectivity index (χ3v) is 3.34. The van der Waals surface area contributed by atoms with Crippen LogP contribution in [0.3, 0.4) is 0 Å². The number of rotatable bonds is 1. The highest BCUT2D eigenvalue weighted by Crippen LogP contribution is 2.34. The first kappa shape index (κ1) is 15.7. The SMILES string of the molecule is CC1(c2ccccc2)CCCCN1N.Cl.Cl. The van der Waals surface area contributed by atoms with E-state index in [1.54, 1.807) is 0 Å². The summed E-state index contributed by atoms with van der Waals surface area (Å²) in [6, 6.07) is 10.6. The van der Waals surface area contributed by atoms with Gasteiger partial charge in [-0.15, -0.1) is 24.8 Å². The third-order valence-electron chi connectivity index (χ3n) is 3.34. The predicted octanol–water partition coefficient (Wildman–Crippen LogP) is 3.11. The first-order chi connectivity index (χ1) is 6.73. The first-order valence-corrected chi connectivity index (χ1v) is 5.31. The van der Waals surface area contributed by atoms with E-state index in [-0.39, 0.29) is 30.4 Å². The Morgan fingerprint density at radius 2 is 1.75 bits per heavy atom. The van der Waals surface area contributed by atoms with Gasteiger partial charge in [0.25, 0.3) is 0 Å². The zero-order valence-corrected chi connectivity index (χ0v) is 11.2. The van der Waals surface area contributed by atoms with Gasteiger partial charge >= 0.3 is 0 Å². The van der Waals surface area contributed by atoms with Crippen LogP contribution in [0.5, 0.6) is 0 Å². The third kappa shape index (κ3) is 2.89. The minimum absolute atomic E-state index is 0. The van der Waals surface area contributed by atoms with E-state index in [9.17, 15) is 0 Å². The van der Waals surface area contributed by atoms with Gasteiger partial charge in [-0.2, -0.15) is 0 Å². The van der Waals surface area contributed by atoms with E-state index in [0.717, 1.165) is 13.0 Å². The fourth-order valence-corrected chi connectivity index (χ4v) is 2.25. The molecular formula is C12H20Cl2N2. The van der Waals surface area contributed by atoms with Crippen molar-refractivity contribution in [3.63, 3.8) is 0 Å². The molecule has 1 unspecified atom stereocenters. The van der Waals surface area contributed by atoms with Crippen molar-refractivity contribution in [2.24, 2.45) is 5.84 Å². The average Bonchev–Trinajstić information content (AvgIpc) is 2.24. The maximum Gasteiger partial charge on any atom is 0.0571 e. The van der Waals surface area contributed by atoms with Crippen LogP contribution in [0.15, 0.2) is 30.3 Å². The molecule has 1 aromatic rings. The van der Waals surface area contributed by atoms with Gasteiger partial charge in [-0.05, 0) is 31.7 Å². The molecule has 0 aliphatic carbocycles. The van der Waals surface area contributed by atoms with Crippen molar-refractivity contribution in [2.45, 2.75) is 31.7 Å². The molecule has 92 valence electrons. The van der Waals surface area contributed by atoms with Gasteiger partial charge in [0.2, 0.25) is 0 Å². The Morgan fingerprint density at radius 1 is 1.12 bits per heavy atom. The summed E-state index contributed by atoms with van der Waals surface area (Å²) >= 11 is 0. The van der Waals surface area contributed by atoms with Crippen molar-refractivity contribution in [1.82, 2.24) is 5.01 Å². The molecule has 0 radical (unpaired) electrons. The van der Waals surface area contributed by atoms with Gasteiger partial charge in [0.05, 0.1) is 5.54 Å². The van der Waals surface area contributed by atoms with Crippen molar-refractivity contribution < 1.29 is 0 Å². The molecule has 1 aliphatic heterocycles. The largest absolute Gasteiger partial charge is 0.268 e. The van der Waals surface area contributed by atoms with Crippen molar-refractivity contribution in [3.8, 4) is 0 Å². The Hall–Kier alpha value is -0.280. The fraction of sp³-hybridized carbons (Fsp3) is 0.500. The Labute approximate surface area is 110 Å². The van der Waals surface area contributed by atoms with Crippen LogP contribution in [0.2, 0.25) is 0 Å². The average molecular weight is 263 g/mol. The zero-order valence-electron chi connectivity index (χ0n) is 9.56. The van der Waals surface area contributed by atoms with Gasteiger partial charge in [0.15, 0.2) is 0 Å². The molecule has 1 saturated heterocycles. The summed E-state index contributed by atoms with van der Waals surface area (Å²) < 4.78 is 0. The van der Waals surface area contributed by atoms with Crippen LogP contribution in [0.25, 0.3) is 0 Å². The molecule has 1 aromatic carbocycles. The predicted molar refractivity (Wildman–Crippen MR) is 73.0 cm³/mol. The minimum atomic E-state index is 0. The van der Waals surface area contributed by atoms with Crippen LogP contribution in [-0.4, -0.2) is 11.6 Å². The molecular weight excluding hydrogens is 243 g/mol. The second kappa shape index (κ2) is 6.45. The highest BCUT2D eigenvalue weighted by atomic mass is 35.5. The quantitative estimate of drug-likeness (QED) is 0.789. The van der Waals surface area contributed by atoms with E-state index >= 15 is 0 Å². The van der Waals surface area contributed by atoms with Gasteiger partial charge < -0.3 is 0 Å². The summed E-state index contributed by atoms with van der Waals surface area (Å²) in [6.45, 7) is 3.24. The lowest BCUT2D eigenvalue weighted by Crippen LogP contribution is -2.51. The summed E-state index contributed by atoms with van der Waals surface area (Å²) in [7, 11) is 0. The first-order valence-electron chi connectivity index (χ1n) is 5.31. The molecule has 16 heavy (non-hydrogen) atoms. The monoisotopic (exact) mass is 262 g/mol. The van der Waals surface area contributed by atoms with Crippen LogP contribution < -0.4 is 5.84 Å². The van der Waals surface area contributed by atoms with Crippen molar-refractivity contribution in [2.75, 3.05) is 6.54 Å². The number of hydrogen-bond acceptors (Lipinski definition) is 2. The maximum atomic E-state index is 6.08. The summed E-state index contributed by atoms with van der Waals surface area (Å²) in [5, 5.41) is 1.99.